The number of methoxy groups -OCH3 is 1. The van der Waals surface area contributed by atoms with Crippen molar-refractivity contribution in [2.75, 3.05) is 14.2 Å². The van der Waals surface area contributed by atoms with Gasteiger partial charge in [-0.25, -0.2) is 0 Å². The van der Waals surface area contributed by atoms with E-state index in [-0.39, 0.29) is 0 Å². The molecule has 0 saturated heterocycles. The van der Waals surface area contributed by atoms with Gasteiger partial charge >= 0.3 is 0 Å². The largest absolute Gasteiger partial charge is 0.493 e. The van der Waals surface area contributed by atoms with E-state index in [1.807, 2.05) is 25.2 Å². The topological polar surface area (TPSA) is 30.5 Å². The first kappa shape index (κ1) is 15.4. The number of hydrogen-bond acceptors (Lipinski definition) is 3. The normalized spacial score (nSPS) is 10.5. The van der Waals surface area contributed by atoms with Crippen LogP contribution in [0.2, 0.25) is 0 Å². The lowest BCUT2D eigenvalue weighted by atomic mass is 10.1. The van der Waals surface area contributed by atoms with E-state index in [4.69, 9.17) is 9.47 Å². The summed E-state index contributed by atoms with van der Waals surface area (Å²) in [5, 5.41) is 3.14. The average Bonchev–Trinajstić information content (AvgIpc) is 2.45. The van der Waals surface area contributed by atoms with Gasteiger partial charge in [-0.2, -0.15) is 0 Å². The zero-order valence-electron chi connectivity index (χ0n) is 13.2. The van der Waals surface area contributed by atoms with E-state index in [0.29, 0.717) is 6.61 Å². The standard InChI is InChI=1S/C18H23NO2/c1-13-7-14(2)9-16(8-13)12-21-18-10-15(11-19-3)5-6-17(18)20-4/h5-10,19H,11-12H2,1-4H3. The fourth-order valence-corrected chi connectivity index (χ4v) is 2.46. The second-order valence-corrected chi connectivity index (χ2v) is 5.30. The Bertz CT molecular complexity index is 588. The Balaban J connectivity index is 2.15. The first-order valence-corrected chi connectivity index (χ1v) is 7.14. The Labute approximate surface area is 126 Å². The third kappa shape index (κ3) is 4.23. The molecule has 2 aromatic rings. The molecule has 2 rings (SSSR count). The zero-order chi connectivity index (χ0) is 15.2. The first-order valence-electron chi connectivity index (χ1n) is 7.14. The fourth-order valence-electron chi connectivity index (χ4n) is 2.46. The highest BCUT2D eigenvalue weighted by Gasteiger charge is 2.06. The predicted molar refractivity (Wildman–Crippen MR) is 86.0 cm³/mol. The molecule has 112 valence electrons. The van der Waals surface area contributed by atoms with Crippen molar-refractivity contribution >= 4 is 0 Å². The van der Waals surface area contributed by atoms with E-state index in [9.17, 15) is 0 Å². The second kappa shape index (κ2) is 7.14. The van der Waals surface area contributed by atoms with Crippen LogP contribution in [0.5, 0.6) is 11.5 Å². The molecule has 0 aromatic heterocycles. The molecule has 0 spiro atoms. The highest BCUT2D eigenvalue weighted by molar-refractivity contribution is 5.43. The summed E-state index contributed by atoms with van der Waals surface area (Å²) < 4.78 is 11.3. The van der Waals surface area contributed by atoms with Crippen molar-refractivity contribution in [3.05, 3.63) is 58.7 Å². The van der Waals surface area contributed by atoms with Crippen molar-refractivity contribution in [2.24, 2.45) is 0 Å². The molecule has 0 heterocycles. The van der Waals surface area contributed by atoms with Crippen molar-refractivity contribution in [3.63, 3.8) is 0 Å². The molecule has 3 nitrogen and oxygen atoms in total. The summed E-state index contributed by atoms with van der Waals surface area (Å²) in [6.07, 6.45) is 0. The smallest absolute Gasteiger partial charge is 0.161 e. The van der Waals surface area contributed by atoms with Crippen LogP contribution in [-0.4, -0.2) is 14.2 Å². The van der Waals surface area contributed by atoms with Gasteiger partial charge < -0.3 is 14.8 Å². The third-order valence-corrected chi connectivity index (χ3v) is 3.28. The number of ether oxygens (including phenoxy) is 2. The summed E-state index contributed by atoms with van der Waals surface area (Å²) in [7, 11) is 3.59. The number of benzene rings is 2. The lowest BCUT2D eigenvalue weighted by molar-refractivity contribution is 0.284. The maximum absolute atomic E-state index is 5.96. The molecule has 0 aliphatic rings. The quantitative estimate of drug-likeness (QED) is 0.879. The molecule has 0 aliphatic carbocycles. The number of nitrogens with one attached hydrogen (secondary N) is 1. The van der Waals surface area contributed by atoms with Gasteiger partial charge in [0.15, 0.2) is 11.5 Å². The Morgan fingerprint density at radius 2 is 1.62 bits per heavy atom. The minimum Gasteiger partial charge on any atom is -0.493 e. The van der Waals surface area contributed by atoms with Crippen LogP contribution in [0.4, 0.5) is 0 Å². The highest BCUT2D eigenvalue weighted by atomic mass is 16.5. The fraction of sp³-hybridized carbons (Fsp3) is 0.333. The van der Waals surface area contributed by atoms with Gasteiger partial charge in [0.25, 0.3) is 0 Å². The average molecular weight is 285 g/mol. The summed E-state index contributed by atoms with van der Waals surface area (Å²) in [5.41, 5.74) is 4.86. The molecule has 0 amide bonds. The van der Waals surface area contributed by atoms with Crippen LogP contribution in [0, 0.1) is 13.8 Å². The predicted octanol–water partition coefficient (Wildman–Crippen LogP) is 3.61. The summed E-state index contributed by atoms with van der Waals surface area (Å²) in [6, 6.07) is 12.5. The van der Waals surface area contributed by atoms with E-state index in [0.717, 1.165) is 18.0 Å². The van der Waals surface area contributed by atoms with Crippen molar-refractivity contribution in [1.29, 1.82) is 0 Å². The van der Waals surface area contributed by atoms with Gasteiger partial charge in [0.05, 0.1) is 7.11 Å². The van der Waals surface area contributed by atoms with Crippen molar-refractivity contribution in [1.82, 2.24) is 5.32 Å². The van der Waals surface area contributed by atoms with Crippen molar-refractivity contribution in [2.45, 2.75) is 27.0 Å². The Hall–Kier alpha value is -2.00. The van der Waals surface area contributed by atoms with E-state index >= 15 is 0 Å². The maximum Gasteiger partial charge on any atom is 0.161 e. The minimum atomic E-state index is 0.544. The van der Waals surface area contributed by atoms with E-state index in [1.165, 1.54) is 22.3 Å². The van der Waals surface area contributed by atoms with Gasteiger partial charge in [-0.3, -0.25) is 0 Å². The first-order chi connectivity index (χ1) is 10.1. The molecule has 0 fully saturated rings. The molecule has 3 heteroatoms. The molecule has 0 atom stereocenters. The molecule has 2 aromatic carbocycles. The van der Waals surface area contributed by atoms with Crippen LogP contribution < -0.4 is 14.8 Å². The molecule has 1 N–H and O–H groups in total. The van der Waals surface area contributed by atoms with E-state index in [1.54, 1.807) is 7.11 Å². The molecular weight excluding hydrogens is 262 g/mol. The van der Waals surface area contributed by atoms with Crippen LogP contribution in [0.3, 0.4) is 0 Å². The molecule has 0 aliphatic heterocycles. The summed E-state index contributed by atoms with van der Waals surface area (Å²) in [4.78, 5) is 0. The summed E-state index contributed by atoms with van der Waals surface area (Å²) in [5.74, 6) is 1.55. The third-order valence-electron chi connectivity index (χ3n) is 3.28. The molecule has 0 radical (unpaired) electrons. The zero-order valence-corrected chi connectivity index (χ0v) is 13.2. The van der Waals surface area contributed by atoms with Gasteiger partial charge in [0.2, 0.25) is 0 Å². The lowest BCUT2D eigenvalue weighted by Crippen LogP contribution is -2.06. The Kier molecular flexibility index (Phi) is 5.23. The number of rotatable bonds is 6. The van der Waals surface area contributed by atoms with E-state index in [2.05, 4.69) is 37.4 Å². The van der Waals surface area contributed by atoms with Crippen LogP contribution >= 0.6 is 0 Å². The monoisotopic (exact) mass is 285 g/mol. The number of hydrogen-bond donors (Lipinski definition) is 1. The van der Waals surface area contributed by atoms with Gasteiger partial charge in [-0.1, -0.05) is 35.4 Å². The molecule has 21 heavy (non-hydrogen) atoms. The minimum absolute atomic E-state index is 0.544. The second-order valence-electron chi connectivity index (χ2n) is 5.30. The van der Waals surface area contributed by atoms with Crippen LogP contribution in [-0.2, 0) is 13.2 Å². The van der Waals surface area contributed by atoms with Gasteiger partial charge in [0.1, 0.15) is 6.61 Å². The number of aryl methyl sites for hydroxylation is 2. The van der Waals surface area contributed by atoms with Gasteiger partial charge in [-0.15, -0.1) is 0 Å². The summed E-state index contributed by atoms with van der Waals surface area (Å²) in [6.45, 7) is 5.56. The Morgan fingerprint density at radius 3 is 2.24 bits per heavy atom. The molecular formula is C18H23NO2. The van der Waals surface area contributed by atoms with Gasteiger partial charge in [-0.05, 0) is 44.2 Å². The van der Waals surface area contributed by atoms with Gasteiger partial charge in [0, 0.05) is 6.54 Å². The van der Waals surface area contributed by atoms with Crippen LogP contribution in [0.15, 0.2) is 36.4 Å². The van der Waals surface area contributed by atoms with E-state index < -0.39 is 0 Å². The molecule has 0 unspecified atom stereocenters. The maximum atomic E-state index is 5.96. The lowest BCUT2D eigenvalue weighted by Gasteiger charge is -2.13. The Morgan fingerprint density at radius 1 is 0.905 bits per heavy atom. The van der Waals surface area contributed by atoms with Crippen LogP contribution in [0.25, 0.3) is 0 Å². The van der Waals surface area contributed by atoms with Crippen LogP contribution in [0.1, 0.15) is 22.3 Å². The SMILES string of the molecule is CNCc1ccc(OC)c(OCc2cc(C)cc(C)c2)c1. The van der Waals surface area contributed by atoms with Crippen molar-refractivity contribution < 1.29 is 9.47 Å². The van der Waals surface area contributed by atoms with Crippen molar-refractivity contribution in [3.8, 4) is 11.5 Å². The highest BCUT2D eigenvalue weighted by Crippen LogP contribution is 2.29. The molecule has 0 saturated carbocycles. The molecule has 0 bridgehead atoms. The summed E-state index contributed by atoms with van der Waals surface area (Å²) >= 11 is 0.